The van der Waals surface area contributed by atoms with Gasteiger partial charge in [0.05, 0.1) is 5.56 Å². The topological polar surface area (TPSA) is 86.7 Å². The number of nitrogens with zero attached hydrogens (tertiary/aromatic N) is 1. The summed E-state index contributed by atoms with van der Waals surface area (Å²) in [4.78, 5) is 35.7. The van der Waals surface area contributed by atoms with Gasteiger partial charge < -0.3 is 15.3 Å². The van der Waals surface area contributed by atoms with Gasteiger partial charge in [0, 0.05) is 23.6 Å². The van der Waals surface area contributed by atoms with Crippen molar-refractivity contribution in [1.82, 2.24) is 5.32 Å². The molecule has 1 aliphatic rings. The minimum Gasteiger partial charge on any atom is -0.478 e. The zero-order valence-electron chi connectivity index (χ0n) is 10.7. The summed E-state index contributed by atoms with van der Waals surface area (Å²) >= 11 is 3.23. The summed E-state index contributed by atoms with van der Waals surface area (Å²) < 4.78 is 0.586. The maximum absolute atomic E-state index is 12.2. The highest BCUT2D eigenvalue weighted by Crippen LogP contribution is 2.26. The average molecular weight is 341 g/mol. The number of carboxylic acids is 1. The minimum absolute atomic E-state index is 0.102. The summed E-state index contributed by atoms with van der Waals surface area (Å²) in [6.45, 7) is 1.80. The third-order valence-corrected chi connectivity index (χ3v) is 3.48. The molecule has 0 saturated carbocycles. The molecule has 0 spiro atoms. The summed E-state index contributed by atoms with van der Waals surface area (Å²) in [6, 6.07) is 4.05. The second kappa shape index (κ2) is 5.62. The molecule has 1 saturated heterocycles. The van der Waals surface area contributed by atoms with Crippen molar-refractivity contribution in [3.8, 4) is 0 Å². The van der Waals surface area contributed by atoms with Crippen LogP contribution in [0.2, 0.25) is 0 Å². The lowest BCUT2D eigenvalue weighted by Gasteiger charge is -2.18. The fourth-order valence-electron chi connectivity index (χ4n) is 2.17. The average Bonchev–Trinajstić information content (AvgIpc) is 2.69. The van der Waals surface area contributed by atoms with E-state index in [2.05, 4.69) is 21.2 Å². The van der Waals surface area contributed by atoms with E-state index >= 15 is 0 Å². The number of carbonyl (C=O) groups excluding carboxylic acids is 2. The van der Waals surface area contributed by atoms with Gasteiger partial charge in [-0.1, -0.05) is 15.9 Å². The first-order chi connectivity index (χ1) is 9.38. The molecule has 1 aliphatic heterocycles. The molecule has 1 aromatic carbocycles. The third kappa shape index (κ3) is 2.98. The lowest BCUT2D eigenvalue weighted by molar-refractivity contribution is -0.125. The Bertz CT molecular complexity index is 588. The van der Waals surface area contributed by atoms with Gasteiger partial charge in [-0.3, -0.25) is 9.59 Å². The van der Waals surface area contributed by atoms with E-state index in [0.29, 0.717) is 23.1 Å². The van der Waals surface area contributed by atoms with E-state index in [-0.39, 0.29) is 17.4 Å². The van der Waals surface area contributed by atoms with E-state index in [0.717, 1.165) is 0 Å². The highest BCUT2D eigenvalue weighted by Gasteiger charge is 2.33. The molecule has 1 aromatic rings. The van der Waals surface area contributed by atoms with Crippen LogP contribution in [0.25, 0.3) is 0 Å². The fraction of sp³-hybridized carbons (Fsp3) is 0.308. The maximum atomic E-state index is 12.2. The largest absolute Gasteiger partial charge is 0.478 e. The van der Waals surface area contributed by atoms with Crippen molar-refractivity contribution in [2.75, 3.05) is 11.4 Å². The fourth-order valence-corrected chi connectivity index (χ4v) is 2.65. The molecule has 1 atom stereocenters. The molecule has 0 aromatic heterocycles. The molecule has 2 N–H and O–H groups in total. The maximum Gasteiger partial charge on any atom is 0.335 e. The van der Waals surface area contributed by atoms with E-state index in [1.54, 1.807) is 6.07 Å². The number of carbonyl (C=O) groups is 3. The third-order valence-electron chi connectivity index (χ3n) is 3.02. The smallest absolute Gasteiger partial charge is 0.335 e. The Kier molecular flexibility index (Phi) is 4.08. The monoisotopic (exact) mass is 340 g/mol. The number of nitrogens with one attached hydrogen (secondary N) is 1. The molecule has 20 heavy (non-hydrogen) atoms. The Hall–Kier alpha value is -1.89. The van der Waals surface area contributed by atoms with Crippen LogP contribution in [0.5, 0.6) is 0 Å². The van der Waals surface area contributed by atoms with Crippen LogP contribution in [0.4, 0.5) is 5.69 Å². The summed E-state index contributed by atoms with van der Waals surface area (Å²) in [5.74, 6) is -1.54. The van der Waals surface area contributed by atoms with Crippen molar-refractivity contribution in [3.63, 3.8) is 0 Å². The van der Waals surface area contributed by atoms with Gasteiger partial charge in [-0.05, 0) is 24.6 Å². The molecule has 7 heteroatoms. The molecule has 0 aliphatic carbocycles. The van der Waals surface area contributed by atoms with E-state index < -0.39 is 12.0 Å². The second-order valence-electron chi connectivity index (χ2n) is 4.53. The molecule has 0 radical (unpaired) electrons. The van der Waals surface area contributed by atoms with Gasteiger partial charge in [0.25, 0.3) is 0 Å². The Morgan fingerprint density at radius 3 is 2.70 bits per heavy atom. The summed E-state index contributed by atoms with van der Waals surface area (Å²) in [5.41, 5.74) is 0.611. The normalized spacial score (nSPS) is 18.2. The van der Waals surface area contributed by atoms with Crippen LogP contribution in [0, 0.1) is 0 Å². The van der Waals surface area contributed by atoms with Crippen molar-refractivity contribution in [3.05, 3.63) is 28.2 Å². The molecule has 106 valence electrons. The van der Waals surface area contributed by atoms with E-state index in [1.807, 2.05) is 0 Å². The molecule has 1 fully saturated rings. The van der Waals surface area contributed by atoms with E-state index in [4.69, 9.17) is 5.11 Å². The van der Waals surface area contributed by atoms with Gasteiger partial charge >= 0.3 is 5.97 Å². The Labute approximate surface area is 123 Å². The highest BCUT2D eigenvalue weighted by atomic mass is 79.9. The Morgan fingerprint density at radius 1 is 1.40 bits per heavy atom. The van der Waals surface area contributed by atoms with Crippen LogP contribution < -0.4 is 10.2 Å². The number of halogens is 1. The zero-order chi connectivity index (χ0) is 14.9. The number of anilines is 1. The van der Waals surface area contributed by atoms with E-state index in [9.17, 15) is 14.4 Å². The number of hydrogen-bond donors (Lipinski definition) is 2. The molecule has 6 nitrogen and oxygen atoms in total. The van der Waals surface area contributed by atoms with Crippen LogP contribution in [-0.4, -0.2) is 35.5 Å². The SMILES string of the molecule is CC(=O)NC1CCN(c2cc(Br)cc(C(=O)O)c2)C1=O. The van der Waals surface area contributed by atoms with Crippen LogP contribution in [0.1, 0.15) is 23.7 Å². The predicted molar refractivity (Wildman–Crippen MR) is 75.7 cm³/mol. The van der Waals surface area contributed by atoms with Crippen molar-refractivity contribution in [2.24, 2.45) is 0 Å². The summed E-state index contributed by atoms with van der Waals surface area (Å²) in [6.07, 6.45) is 0.507. The first-order valence-corrected chi connectivity index (χ1v) is 6.80. The van der Waals surface area contributed by atoms with Crippen LogP contribution >= 0.6 is 15.9 Å². The van der Waals surface area contributed by atoms with E-state index in [1.165, 1.54) is 24.0 Å². The zero-order valence-corrected chi connectivity index (χ0v) is 12.3. The number of amides is 2. The number of carboxylic acid groups (broad SMARTS) is 1. The number of hydrogen-bond acceptors (Lipinski definition) is 3. The first-order valence-electron chi connectivity index (χ1n) is 6.01. The standard InChI is InChI=1S/C13H13BrN2O4/c1-7(17)15-11-2-3-16(12(11)18)10-5-8(13(19)20)4-9(14)6-10/h4-6,11H,2-3H2,1H3,(H,15,17)(H,19,20). The predicted octanol–water partition coefficient (Wildman–Crippen LogP) is 1.39. The number of benzene rings is 1. The van der Waals surface area contributed by atoms with Gasteiger partial charge in [-0.2, -0.15) is 0 Å². The molecular weight excluding hydrogens is 328 g/mol. The van der Waals surface area contributed by atoms with Crippen LogP contribution in [0.3, 0.4) is 0 Å². The molecule has 2 amide bonds. The quantitative estimate of drug-likeness (QED) is 0.870. The molecule has 1 heterocycles. The lowest BCUT2D eigenvalue weighted by Crippen LogP contribution is -2.40. The lowest BCUT2D eigenvalue weighted by atomic mass is 10.2. The van der Waals surface area contributed by atoms with Crippen molar-refractivity contribution in [2.45, 2.75) is 19.4 Å². The van der Waals surface area contributed by atoms with Crippen LogP contribution in [-0.2, 0) is 9.59 Å². The number of rotatable bonds is 3. The van der Waals surface area contributed by atoms with Crippen LogP contribution in [0.15, 0.2) is 22.7 Å². The summed E-state index contributed by atoms with van der Waals surface area (Å²) in [7, 11) is 0. The van der Waals surface area contributed by atoms with Gasteiger partial charge in [-0.15, -0.1) is 0 Å². The van der Waals surface area contributed by atoms with Gasteiger partial charge in [0.2, 0.25) is 11.8 Å². The van der Waals surface area contributed by atoms with Gasteiger partial charge in [0.1, 0.15) is 6.04 Å². The van der Waals surface area contributed by atoms with Crippen molar-refractivity contribution < 1.29 is 19.5 Å². The first kappa shape index (κ1) is 14.5. The second-order valence-corrected chi connectivity index (χ2v) is 5.45. The number of aromatic carboxylic acids is 1. The van der Waals surface area contributed by atoms with Crippen molar-refractivity contribution >= 4 is 39.4 Å². The summed E-state index contributed by atoms with van der Waals surface area (Å²) in [5, 5.41) is 11.6. The molecule has 2 rings (SSSR count). The Balaban J connectivity index is 2.27. The molecule has 0 bridgehead atoms. The highest BCUT2D eigenvalue weighted by molar-refractivity contribution is 9.10. The van der Waals surface area contributed by atoms with Gasteiger partial charge in [-0.25, -0.2) is 4.79 Å². The Morgan fingerprint density at radius 2 is 2.10 bits per heavy atom. The van der Waals surface area contributed by atoms with Gasteiger partial charge in [0.15, 0.2) is 0 Å². The minimum atomic E-state index is -1.06. The van der Waals surface area contributed by atoms with Crippen molar-refractivity contribution in [1.29, 1.82) is 0 Å². The molecular formula is C13H13BrN2O4. The molecule has 1 unspecified atom stereocenters.